The van der Waals surface area contributed by atoms with Crippen LogP contribution in [0.2, 0.25) is 0 Å². The molecule has 20 heavy (non-hydrogen) atoms. The molecule has 1 aliphatic rings. The predicted molar refractivity (Wildman–Crippen MR) is 86.8 cm³/mol. The van der Waals surface area contributed by atoms with Crippen LogP contribution in [0.4, 0.5) is 5.82 Å². The number of anilines is 1. The van der Waals surface area contributed by atoms with E-state index in [1.807, 2.05) is 35.0 Å². The summed E-state index contributed by atoms with van der Waals surface area (Å²) >= 11 is 2.18. The second-order valence-corrected chi connectivity index (χ2v) is 6.20. The summed E-state index contributed by atoms with van der Waals surface area (Å²) in [6, 6.07) is 9.88. The van der Waals surface area contributed by atoms with Gasteiger partial charge in [-0.3, -0.25) is 4.79 Å². The van der Waals surface area contributed by atoms with Gasteiger partial charge in [0.15, 0.2) is 0 Å². The first-order valence-electron chi connectivity index (χ1n) is 6.85. The minimum atomic E-state index is -0.0743. The van der Waals surface area contributed by atoms with Crippen LogP contribution < -0.4 is 5.32 Å². The second-order valence-electron chi connectivity index (χ2n) is 5.03. The molecule has 1 saturated carbocycles. The van der Waals surface area contributed by atoms with Crippen molar-refractivity contribution in [2.24, 2.45) is 0 Å². The quantitative estimate of drug-likeness (QED) is 0.821. The van der Waals surface area contributed by atoms with Gasteiger partial charge in [-0.2, -0.15) is 5.10 Å². The van der Waals surface area contributed by atoms with Crippen LogP contribution in [0.5, 0.6) is 0 Å². The third-order valence-corrected chi connectivity index (χ3v) is 4.64. The molecule has 3 rings (SSSR count). The Balaban J connectivity index is 1.80. The number of nitrogens with zero attached hydrogens (tertiary/aromatic N) is 2. The van der Waals surface area contributed by atoms with E-state index in [-0.39, 0.29) is 5.91 Å². The van der Waals surface area contributed by atoms with E-state index in [0.29, 0.717) is 11.6 Å². The first-order valence-corrected chi connectivity index (χ1v) is 7.93. The number of hydrogen-bond acceptors (Lipinski definition) is 2. The number of carbonyl (C=O) groups is 1. The zero-order valence-electron chi connectivity index (χ0n) is 11.1. The van der Waals surface area contributed by atoms with Gasteiger partial charge in [-0.15, -0.1) is 0 Å². The van der Waals surface area contributed by atoms with Crippen LogP contribution >= 0.6 is 22.6 Å². The van der Waals surface area contributed by atoms with Crippen LogP contribution in [0.25, 0.3) is 0 Å². The summed E-state index contributed by atoms with van der Waals surface area (Å²) in [5.41, 5.74) is 0.701. The van der Waals surface area contributed by atoms with E-state index in [4.69, 9.17) is 0 Å². The zero-order valence-corrected chi connectivity index (χ0v) is 13.2. The average Bonchev–Trinajstić information content (AvgIpc) is 3.09. The SMILES string of the molecule is O=C(Nc1ccnn1C1CCCC1)c1ccccc1I. The third-order valence-electron chi connectivity index (χ3n) is 3.70. The fourth-order valence-electron chi connectivity index (χ4n) is 2.68. The molecule has 4 nitrogen and oxygen atoms in total. The van der Waals surface area contributed by atoms with Crippen molar-refractivity contribution in [3.8, 4) is 0 Å². The van der Waals surface area contributed by atoms with Gasteiger partial charge in [0.05, 0.1) is 17.8 Å². The normalized spacial score (nSPS) is 15.4. The van der Waals surface area contributed by atoms with Crippen LogP contribution in [-0.4, -0.2) is 15.7 Å². The maximum Gasteiger partial charge on any atom is 0.257 e. The molecule has 0 aliphatic heterocycles. The third kappa shape index (κ3) is 2.72. The van der Waals surface area contributed by atoms with Gasteiger partial charge >= 0.3 is 0 Å². The molecule has 0 spiro atoms. The van der Waals surface area contributed by atoms with Crippen molar-refractivity contribution in [2.75, 3.05) is 5.32 Å². The van der Waals surface area contributed by atoms with Gasteiger partial charge in [0.1, 0.15) is 5.82 Å². The number of nitrogens with one attached hydrogen (secondary N) is 1. The van der Waals surface area contributed by atoms with Crippen LogP contribution in [0, 0.1) is 3.57 Å². The maximum absolute atomic E-state index is 12.3. The minimum Gasteiger partial charge on any atom is -0.307 e. The van der Waals surface area contributed by atoms with Crippen molar-refractivity contribution >= 4 is 34.3 Å². The van der Waals surface area contributed by atoms with E-state index >= 15 is 0 Å². The lowest BCUT2D eigenvalue weighted by Crippen LogP contribution is -2.18. The van der Waals surface area contributed by atoms with E-state index in [1.165, 1.54) is 12.8 Å². The fraction of sp³-hybridized carbons (Fsp3) is 0.333. The molecule has 0 bridgehead atoms. The molecule has 1 heterocycles. The summed E-state index contributed by atoms with van der Waals surface area (Å²) in [4.78, 5) is 12.3. The number of benzene rings is 1. The highest BCUT2D eigenvalue weighted by Crippen LogP contribution is 2.31. The van der Waals surface area contributed by atoms with Gasteiger partial charge in [-0.1, -0.05) is 25.0 Å². The monoisotopic (exact) mass is 381 g/mol. The van der Waals surface area contributed by atoms with Gasteiger partial charge in [0, 0.05) is 9.64 Å². The molecule has 1 aliphatic carbocycles. The highest BCUT2D eigenvalue weighted by atomic mass is 127. The Morgan fingerprint density at radius 2 is 2.00 bits per heavy atom. The summed E-state index contributed by atoms with van der Waals surface area (Å²) < 4.78 is 2.91. The van der Waals surface area contributed by atoms with Crippen LogP contribution in [0.3, 0.4) is 0 Å². The Morgan fingerprint density at radius 3 is 2.75 bits per heavy atom. The van der Waals surface area contributed by atoms with Crippen molar-refractivity contribution in [1.82, 2.24) is 9.78 Å². The molecule has 1 amide bonds. The predicted octanol–water partition coefficient (Wildman–Crippen LogP) is 3.86. The Morgan fingerprint density at radius 1 is 1.25 bits per heavy atom. The molecule has 1 aromatic carbocycles. The highest BCUT2D eigenvalue weighted by molar-refractivity contribution is 14.1. The van der Waals surface area contributed by atoms with Crippen molar-refractivity contribution in [3.63, 3.8) is 0 Å². The van der Waals surface area contributed by atoms with Crippen molar-refractivity contribution in [2.45, 2.75) is 31.7 Å². The van der Waals surface area contributed by atoms with E-state index < -0.39 is 0 Å². The molecule has 1 N–H and O–H groups in total. The highest BCUT2D eigenvalue weighted by Gasteiger charge is 2.21. The lowest BCUT2D eigenvalue weighted by atomic mass is 10.2. The minimum absolute atomic E-state index is 0.0743. The van der Waals surface area contributed by atoms with Gasteiger partial charge in [0.25, 0.3) is 5.91 Å². The van der Waals surface area contributed by atoms with Crippen molar-refractivity contribution < 1.29 is 4.79 Å². The van der Waals surface area contributed by atoms with Gasteiger partial charge in [-0.05, 0) is 47.6 Å². The molecule has 1 fully saturated rings. The molecule has 1 aromatic heterocycles. The van der Waals surface area contributed by atoms with E-state index in [1.54, 1.807) is 6.20 Å². The summed E-state index contributed by atoms with van der Waals surface area (Å²) in [6.07, 6.45) is 6.54. The molecule has 104 valence electrons. The van der Waals surface area contributed by atoms with Crippen LogP contribution in [0.1, 0.15) is 42.1 Å². The smallest absolute Gasteiger partial charge is 0.257 e. The lowest BCUT2D eigenvalue weighted by Gasteiger charge is -2.15. The van der Waals surface area contributed by atoms with Crippen LogP contribution in [-0.2, 0) is 0 Å². The summed E-state index contributed by atoms with van der Waals surface area (Å²) in [5, 5.41) is 7.35. The zero-order chi connectivity index (χ0) is 13.9. The van der Waals surface area contributed by atoms with Crippen LogP contribution in [0.15, 0.2) is 36.5 Å². The Hall–Kier alpha value is -1.37. The Kier molecular flexibility index (Phi) is 4.05. The van der Waals surface area contributed by atoms with E-state index in [0.717, 1.165) is 22.2 Å². The van der Waals surface area contributed by atoms with Crippen molar-refractivity contribution in [1.29, 1.82) is 0 Å². The van der Waals surface area contributed by atoms with Gasteiger partial charge in [0.2, 0.25) is 0 Å². The molecule has 2 aromatic rings. The fourth-order valence-corrected chi connectivity index (χ4v) is 3.31. The van der Waals surface area contributed by atoms with E-state index in [9.17, 15) is 4.79 Å². The number of aromatic nitrogens is 2. The average molecular weight is 381 g/mol. The Labute approximate surface area is 131 Å². The number of carbonyl (C=O) groups excluding carboxylic acids is 1. The van der Waals surface area contributed by atoms with Gasteiger partial charge < -0.3 is 5.32 Å². The summed E-state index contributed by atoms with van der Waals surface area (Å²) in [7, 11) is 0. The molecular weight excluding hydrogens is 365 g/mol. The first-order chi connectivity index (χ1) is 9.75. The van der Waals surface area contributed by atoms with Gasteiger partial charge in [-0.25, -0.2) is 4.68 Å². The van der Waals surface area contributed by atoms with Crippen molar-refractivity contribution in [3.05, 3.63) is 45.7 Å². The molecule has 0 radical (unpaired) electrons. The largest absolute Gasteiger partial charge is 0.307 e. The lowest BCUT2D eigenvalue weighted by molar-refractivity contribution is 0.102. The summed E-state index contributed by atoms with van der Waals surface area (Å²) in [5.74, 6) is 0.719. The molecule has 5 heteroatoms. The first kappa shape index (κ1) is 13.6. The number of halogens is 1. The topological polar surface area (TPSA) is 46.9 Å². The standard InChI is InChI=1S/C15H16IN3O/c16-13-8-4-3-7-12(13)15(20)18-14-9-10-17-19(14)11-5-1-2-6-11/h3-4,7-11H,1-2,5-6H2,(H,18,20). The Bertz CT molecular complexity index is 617. The molecule has 0 unspecified atom stereocenters. The molecule has 0 atom stereocenters. The maximum atomic E-state index is 12.3. The molecule has 0 saturated heterocycles. The summed E-state index contributed by atoms with van der Waals surface area (Å²) in [6.45, 7) is 0. The number of rotatable bonds is 3. The molecular formula is C15H16IN3O. The number of amides is 1. The van der Waals surface area contributed by atoms with E-state index in [2.05, 4.69) is 33.0 Å². The number of hydrogen-bond donors (Lipinski definition) is 1. The second kappa shape index (κ2) is 5.95.